The predicted molar refractivity (Wildman–Crippen MR) is 146 cm³/mol. The maximum absolute atomic E-state index is 13.8. The molecule has 4 unspecified atom stereocenters. The van der Waals surface area contributed by atoms with Gasteiger partial charge in [0.1, 0.15) is 12.2 Å². The number of aliphatic carboxylic acids is 2. The van der Waals surface area contributed by atoms with Crippen LogP contribution in [0.15, 0.2) is 30.3 Å². The zero-order chi connectivity index (χ0) is 31.2. The highest BCUT2D eigenvalue weighted by Crippen LogP contribution is 2.45. The van der Waals surface area contributed by atoms with Crippen molar-refractivity contribution in [3.63, 3.8) is 0 Å². The van der Waals surface area contributed by atoms with Gasteiger partial charge in [-0.2, -0.15) is 5.26 Å². The molecule has 14 heteroatoms. The molecular weight excluding hydrogens is 553 g/mol. The van der Waals surface area contributed by atoms with Crippen molar-refractivity contribution in [2.75, 3.05) is 40.3 Å². The van der Waals surface area contributed by atoms with E-state index >= 15 is 0 Å². The highest BCUT2D eigenvalue weighted by atomic mass is 19.1. The number of amides is 3. The van der Waals surface area contributed by atoms with E-state index < -0.39 is 36.4 Å². The number of nitrogens with zero attached hydrogens (tertiary/aromatic N) is 4. The second-order valence-corrected chi connectivity index (χ2v) is 11.4. The summed E-state index contributed by atoms with van der Waals surface area (Å²) in [5.74, 6) is -2.98. The number of urea groups is 1. The number of hydrogen-bond donors (Lipinski definition) is 5. The van der Waals surface area contributed by atoms with E-state index in [0.29, 0.717) is 11.8 Å². The number of benzene rings is 1. The standard InChI is InChI=1S/C24H32FN5O2.C4H6O6/c1-28(2)23(32)29-14-18-10-24(11-19(18)15-29,9-17-6-4-3-5-7-17)27-13-22(31)30-16-20(25)8-21(30)12-26;5-1(3(7)8)2(6)4(9)10/h3-7,18-21,27H,8-11,13-16H2,1-2H3;1-2,5-6H,(H,7,8)(H,9,10)/t18?,19?,20-,21-,24?;/m0./s1. The number of nitrogens with one attached hydrogen (secondary N) is 1. The molecule has 6 atom stereocenters. The topological polar surface area (TPSA) is 195 Å². The SMILES string of the molecule is CN(C)C(=O)N1CC2CC(Cc3ccccc3)(NCC(=O)N3C[C@@H](F)C[C@H]3C#N)CC2C1.O=C(O)C(O)C(O)C(=O)O. The molecule has 2 aliphatic heterocycles. The fourth-order valence-corrected chi connectivity index (χ4v) is 6.08. The van der Waals surface area contributed by atoms with Crippen LogP contribution in [0.5, 0.6) is 0 Å². The second kappa shape index (κ2) is 13.9. The number of carbonyl (C=O) groups excluding carboxylic acids is 2. The minimum Gasteiger partial charge on any atom is -0.479 e. The average Bonchev–Trinajstić information content (AvgIpc) is 3.62. The van der Waals surface area contributed by atoms with Crippen LogP contribution in [0.2, 0.25) is 0 Å². The largest absolute Gasteiger partial charge is 0.479 e. The number of halogens is 1. The first kappa shape index (κ1) is 32.7. The van der Waals surface area contributed by atoms with Crippen LogP contribution >= 0.6 is 0 Å². The Balaban J connectivity index is 0.000000416. The Morgan fingerprint density at radius 3 is 2.07 bits per heavy atom. The zero-order valence-electron chi connectivity index (χ0n) is 23.6. The summed E-state index contributed by atoms with van der Waals surface area (Å²) >= 11 is 0. The lowest BCUT2D eigenvalue weighted by molar-refractivity contribution is -0.165. The lowest BCUT2D eigenvalue weighted by Gasteiger charge is -2.34. The van der Waals surface area contributed by atoms with Crippen molar-refractivity contribution >= 4 is 23.9 Å². The minimum atomic E-state index is -2.27. The van der Waals surface area contributed by atoms with E-state index in [1.807, 2.05) is 23.1 Å². The number of alkyl halides is 1. The van der Waals surface area contributed by atoms with Gasteiger partial charge in [0.25, 0.3) is 0 Å². The summed E-state index contributed by atoms with van der Waals surface area (Å²) in [6.45, 7) is 1.56. The molecule has 2 saturated heterocycles. The molecule has 2 heterocycles. The highest BCUT2D eigenvalue weighted by molar-refractivity contribution is 5.83. The van der Waals surface area contributed by atoms with Gasteiger partial charge in [-0.05, 0) is 36.7 Å². The quantitative estimate of drug-likeness (QED) is 0.273. The highest BCUT2D eigenvalue weighted by Gasteiger charge is 2.50. The van der Waals surface area contributed by atoms with Crippen molar-refractivity contribution < 1.29 is 44.0 Å². The number of carboxylic acid groups (broad SMARTS) is 2. The van der Waals surface area contributed by atoms with E-state index in [4.69, 9.17) is 20.4 Å². The molecule has 0 bridgehead atoms. The van der Waals surface area contributed by atoms with E-state index in [1.54, 1.807) is 19.0 Å². The molecule has 230 valence electrons. The number of nitriles is 1. The molecule has 0 aromatic heterocycles. The normalized spacial score (nSPS) is 27.7. The van der Waals surface area contributed by atoms with Gasteiger partial charge in [0.05, 0.1) is 19.2 Å². The maximum Gasteiger partial charge on any atom is 0.335 e. The fourth-order valence-electron chi connectivity index (χ4n) is 6.08. The van der Waals surface area contributed by atoms with Crippen LogP contribution in [0.4, 0.5) is 9.18 Å². The van der Waals surface area contributed by atoms with Crippen LogP contribution in [0, 0.1) is 23.2 Å². The van der Waals surface area contributed by atoms with E-state index in [-0.39, 0.29) is 37.0 Å². The fraction of sp³-hybridized carbons (Fsp3) is 0.607. The number of rotatable bonds is 8. The molecule has 0 spiro atoms. The Labute approximate surface area is 243 Å². The van der Waals surface area contributed by atoms with Crippen LogP contribution in [-0.2, 0) is 20.8 Å². The van der Waals surface area contributed by atoms with Gasteiger partial charge in [0, 0.05) is 39.1 Å². The number of aliphatic hydroxyl groups excluding tert-OH is 2. The summed E-state index contributed by atoms with van der Waals surface area (Å²) < 4.78 is 13.8. The first-order valence-corrected chi connectivity index (χ1v) is 13.7. The maximum atomic E-state index is 13.8. The Kier molecular flexibility index (Phi) is 10.8. The molecule has 42 heavy (non-hydrogen) atoms. The number of aliphatic hydroxyl groups is 2. The second-order valence-electron chi connectivity index (χ2n) is 11.4. The van der Waals surface area contributed by atoms with E-state index in [9.17, 15) is 28.8 Å². The van der Waals surface area contributed by atoms with Crippen LogP contribution in [0.1, 0.15) is 24.8 Å². The molecule has 1 aromatic carbocycles. The Bertz CT molecular complexity index is 1150. The van der Waals surface area contributed by atoms with E-state index in [2.05, 4.69) is 23.5 Å². The van der Waals surface area contributed by atoms with Gasteiger partial charge < -0.3 is 40.4 Å². The number of carboxylic acids is 2. The van der Waals surface area contributed by atoms with Crippen molar-refractivity contribution in [2.45, 2.75) is 55.6 Å². The van der Waals surface area contributed by atoms with E-state index in [0.717, 1.165) is 32.4 Å². The van der Waals surface area contributed by atoms with Gasteiger partial charge in [-0.1, -0.05) is 30.3 Å². The summed E-state index contributed by atoms with van der Waals surface area (Å²) in [7, 11) is 3.55. The molecule has 4 rings (SSSR count). The van der Waals surface area contributed by atoms with Gasteiger partial charge in [0.2, 0.25) is 5.91 Å². The van der Waals surface area contributed by atoms with Crippen molar-refractivity contribution in [2.24, 2.45) is 11.8 Å². The molecule has 1 aromatic rings. The van der Waals surface area contributed by atoms with Crippen LogP contribution in [0.3, 0.4) is 0 Å². The Morgan fingerprint density at radius 2 is 1.60 bits per heavy atom. The predicted octanol–water partition coefficient (Wildman–Crippen LogP) is -0.0791. The Morgan fingerprint density at radius 1 is 1.05 bits per heavy atom. The van der Waals surface area contributed by atoms with E-state index in [1.165, 1.54) is 10.5 Å². The molecule has 3 fully saturated rings. The van der Waals surface area contributed by atoms with Crippen molar-refractivity contribution in [1.29, 1.82) is 5.26 Å². The molecule has 5 N–H and O–H groups in total. The van der Waals surface area contributed by atoms with Gasteiger partial charge >= 0.3 is 18.0 Å². The van der Waals surface area contributed by atoms with Crippen LogP contribution in [0.25, 0.3) is 0 Å². The molecule has 1 aliphatic carbocycles. The van der Waals surface area contributed by atoms with Crippen molar-refractivity contribution in [1.82, 2.24) is 20.0 Å². The molecule has 0 radical (unpaired) electrons. The third-order valence-electron chi connectivity index (χ3n) is 8.06. The summed E-state index contributed by atoms with van der Waals surface area (Å²) in [5.41, 5.74) is 0.949. The number of hydrogen-bond acceptors (Lipinski definition) is 8. The number of likely N-dealkylation sites (tertiary alicyclic amines) is 2. The molecule has 1 saturated carbocycles. The van der Waals surface area contributed by atoms with Crippen LogP contribution < -0.4 is 5.32 Å². The Hall–Kier alpha value is -3.80. The summed E-state index contributed by atoms with van der Waals surface area (Å²) in [4.78, 5) is 49.7. The summed E-state index contributed by atoms with van der Waals surface area (Å²) in [6, 6.07) is 11.6. The van der Waals surface area contributed by atoms with Gasteiger partial charge in [0.15, 0.2) is 12.2 Å². The first-order chi connectivity index (χ1) is 19.8. The zero-order valence-corrected chi connectivity index (χ0v) is 23.6. The molecule has 13 nitrogen and oxygen atoms in total. The summed E-state index contributed by atoms with van der Waals surface area (Å²) in [5, 5.41) is 45.3. The number of carbonyl (C=O) groups is 4. The van der Waals surface area contributed by atoms with Gasteiger partial charge in [-0.25, -0.2) is 18.8 Å². The monoisotopic (exact) mass is 591 g/mol. The lowest BCUT2D eigenvalue weighted by Crippen LogP contribution is -2.51. The third-order valence-corrected chi connectivity index (χ3v) is 8.06. The number of fused-ring (bicyclic) bond motifs is 1. The van der Waals surface area contributed by atoms with Crippen LogP contribution in [-0.4, -0.2) is 129 Å². The van der Waals surface area contributed by atoms with Crippen molar-refractivity contribution in [3.05, 3.63) is 35.9 Å². The molecule has 3 aliphatic rings. The average molecular weight is 592 g/mol. The van der Waals surface area contributed by atoms with Crippen molar-refractivity contribution in [3.8, 4) is 6.07 Å². The smallest absolute Gasteiger partial charge is 0.335 e. The lowest BCUT2D eigenvalue weighted by atomic mass is 9.87. The summed E-state index contributed by atoms with van der Waals surface area (Å²) in [6.07, 6.45) is -3.02. The minimum absolute atomic E-state index is 0.00270. The van der Waals surface area contributed by atoms with Gasteiger partial charge in [-0.3, -0.25) is 4.79 Å². The first-order valence-electron chi connectivity index (χ1n) is 13.7. The third kappa shape index (κ3) is 7.93. The molecular formula is C28H38FN5O8. The van der Waals surface area contributed by atoms with Gasteiger partial charge in [-0.15, -0.1) is 0 Å². The molecule has 3 amide bonds.